The number of anilines is 1. The number of carbonyl (C=O) groups excluding carboxylic acids is 1. The topological polar surface area (TPSA) is 75.4 Å². The molecular weight excluding hydrogens is 354 g/mol. The maximum absolute atomic E-state index is 13.2. The molecule has 1 amide bonds. The molecule has 0 radical (unpaired) electrons. The molecule has 2 aromatic heterocycles. The van der Waals surface area contributed by atoms with E-state index in [2.05, 4.69) is 15.0 Å². The summed E-state index contributed by atoms with van der Waals surface area (Å²) >= 11 is 0. The first-order valence-corrected chi connectivity index (χ1v) is 10.3. The summed E-state index contributed by atoms with van der Waals surface area (Å²) in [5.74, 6) is 1.82. The summed E-state index contributed by atoms with van der Waals surface area (Å²) in [6, 6.07) is -0.0328. The van der Waals surface area contributed by atoms with Crippen LogP contribution in [0.2, 0.25) is 0 Å². The van der Waals surface area contributed by atoms with Crippen LogP contribution in [-0.2, 0) is 4.79 Å². The van der Waals surface area contributed by atoms with Crippen LogP contribution in [0.5, 0.6) is 0 Å². The van der Waals surface area contributed by atoms with Gasteiger partial charge in [-0.25, -0.2) is 9.97 Å². The van der Waals surface area contributed by atoms with E-state index in [-0.39, 0.29) is 12.0 Å². The molecule has 0 spiro atoms. The zero-order valence-corrected chi connectivity index (χ0v) is 17.2. The fourth-order valence-corrected chi connectivity index (χ4v) is 4.42. The lowest BCUT2D eigenvalue weighted by atomic mass is 10.00. The molecule has 1 aliphatic carbocycles. The number of carbonyl (C=O) groups is 1. The molecule has 2 aliphatic rings. The average Bonchev–Trinajstić information content (AvgIpc) is 3.43. The second kappa shape index (κ2) is 7.53. The van der Waals surface area contributed by atoms with Crippen molar-refractivity contribution in [2.75, 3.05) is 25.5 Å². The third kappa shape index (κ3) is 3.27. The van der Waals surface area contributed by atoms with Crippen LogP contribution in [0.15, 0.2) is 10.7 Å². The molecule has 150 valence electrons. The smallest absolute Gasteiger partial charge is 0.226 e. The molecule has 0 aromatic carbocycles. The van der Waals surface area contributed by atoms with Crippen molar-refractivity contribution in [3.63, 3.8) is 0 Å². The summed E-state index contributed by atoms with van der Waals surface area (Å²) in [5, 5.41) is 4.11. The van der Waals surface area contributed by atoms with E-state index in [1.165, 1.54) is 0 Å². The number of rotatable bonds is 4. The maximum atomic E-state index is 13.2. The quantitative estimate of drug-likeness (QED) is 0.802. The van der Waals surface area contributed by atoms with Gasteiger partial charge in [0.2, 0.25) is 11.9 Å². The highest BCUT2D eigenvalue weighted by Crippen LogP contribution is 2.40. The number of hydrogen-bond donors (Lipinski definition) is 0. The number of aromatic nitrogens is 3. The first kappa shape index (κ1) is 18.9. The van der Waals surface area contributed by atoms with Crippen molar-refractivity contribution in [2.24, 2.45) is 5.92 Å². The first-order chi connectivity index (χ1) is 13.5. The lowest BCUT2D eigenvalue weighted by Crippen LogP contribution is -2.35. The Hall–Kier alpha value is -2.44. The molecule has 1 atom stereocenters. The zero-order chi connectivity index (χ0) is 19.8. The molecule has 4 rings (SSSR count). The number of likely N-dealkylation sites (tertiary alicyclic amines) is 1. The lowest BCUT2D eigenvalue weighted by Gasteiger charge is -2.28. The van der Waals surface area contributed by atoms with Crippen molar-refractivity contribution in [2.45, 2.75) is 58.4 Å². The standard InChI is InChI=1S/C21H29N5O2/c1-13-14(2)24-28-19(13)16-12-22-21(25(3)4)23-18(16)17-10-7-11-26(17)20(27)15-8-5-6-9-15/h12,15,17H,5-11H2,1-4H3. The number of amides is 1. The van der Waals surface area contributed by atoms with Crippen molar-refractivity contribution >= 4 is 11.9 Å². The molecule has 1 aliphatic heterocycles. The van der Waals surface area contributed by atoms with E-state index in [1.807, 2.05) is 39.0 Å². The van der Waals surface area contributed by atoms with Crippen molar-refractivity contribution in [1.29, 1.82) is 0 Å². The predicted octanol–water partition coefficient (Wildman–Crippen LogP) is 3.67. The first-order valence-electron chi connectivity index (χ1n) is 10.3. The van der Waals surface area contributed by atoms with Crippen LogP contribution in [0.3, 0.4) is 0 Å². The minimum Gasteiger partial charge on any atom is -0.356 e. The van der Waals surface area contributed by atoms with Crippen molar-refractivity contribution < 1.29 is 9.32 Å². The molecule has 2 aromatic rings. The van der Waals surface area contributed by atoms with E-state index < -0.39 is 0 Å². The van der Waals surface area contributed by atoms with Gasteiger partial charge in [0, 0.05) is 38.3 Å². The van der Waals surface area contributed by atoms with Gasteiger partial charge in [0.15, 0.2) is 5.76 Å². The van der Waals surface area contributed by atoms with Crippen LogP contribution < -0.4 is 4.90 Å². The van der Waals surface area contributed by atoms with Crippen LogP contribution in [0.25, 0.3) is 11.3 Å². The van der Waals surface area contributed by atoms with Gasteiger partial charge in [0.25, 0.3) is 0 Å². The molecule has 2 fully saturated rings. The summed E-state index contributed by atoms with van der Waals surface area (Å²) in [6.07, 6.45) is 8.09. The molecule has 3 heterocycles. The van der Waals surface area contributed by atoms with Crippen molar-refractivity contribution in [1.82, 2.24) is 20.0 Å². The van der Waals surface area contributed by atoms with Crippen LogP contribution in [-0.4, -0.2) is 46.6 Å². The summed E-state index contributed by atoms with van der Waals surface area (Å²) in [4.78, 5) is 26.5. The monoisotopic (exact) mass is 383 g/mol. The van der Waals surface area contributed by atoms with E-state index in [1.54, 1.807) is 0 Å². The number of aryl methyl sites for hydroxylation is 1. The summed E-state index contributed by atoms with van der Waals surface area (Å²) in [5.41, 5.74) is 3.58. The highest BCUT2D eigenvalue weighted by Gasteiger charge is 2.37. The van der Waals surface area contributed by atoms with Gasteiger partial charge in [-0.2, -0.15) is 0 Å². The summed E-state index contributed by atoms with van der Waals surface area (Å²) < 4.78 is 5.63. The number of nitrogens with zero attached hydrogens (tertiary/aromatic N) is 5. The van der Waals surface area contributed by atoms with Gasteiger partial charge in [-0.3, -0.25) is 4.79 Å². The van der Waals surface area contributed by atoms with Gasteiger partial charge in [-0.15, -0.1) is 0 Å². The largest absolute Gasteiger partial charge is 0.356 e. The van der Waals surface area contributed by atoms with Gasteiger partial charge >= 0.3 is 0 Å². The molecule has 1 saturated carbocycles. The summed E-state index contributed by atoms with van der Waals surface area (Å²) in [7, 11) is 3.86. The average molecular weight is 383 g/mol. The highest BCUT2D eigenvalue weighted by molar-refractivity contribution is 5.80. The molecule has 0 bridgehead atoms. The van der Waals surface area contributed by atoms with Crippen molar-refractivity contribution in [3.05, 3.63) is 23.1 Å². The van der Waals surface area contributed by atoms with Gasteiger partial charge in [-0.05, 0) is 39.5 Å². The SMILES string of the molecule is Cc1noc(-c2cnc(N(C)C)nc2C2CCCN2C(=O)C2CCCC2)c1C. The van der Waals surface area contributed by atoms with Crippen molar-refractivity contribution in [3.8, 4) is 11.3 Å². The van der Waals surface area contributed by atoms with Gasteiger partial charge in [0.1, 0.15) is 0 Å². The second-order valence-electron chi connectivity index (χ2n) is 8.26. The van der Waals surface area contributed by atoms with Gasteiger partial charge < -0.3 is 14.3 Å². The zero-order valence-electron chi connectivity index (χ0n) is 17.2. The van der Waals surface area contributed by atoms with Crippen LogP contribution in [0.1, 0.15) is 61.5 Å². The molecule has 1 saturated heterocycles. The minimum atomic E-state index is -0.0328. The minimum absolute atomic E-state index is 0.0328. The van der Waals surface area contributed by atoms with E-state index in [0.29, 0.717) is 17.6 Å². The van der Waals surface area contributed by atoms with E-state index in [4.69, 9.17) is 9.51 Å². The van der Waals surface area contributed by atoms with Gasteiger partial charge in [-0.1, -0.05) is 18.0 Å². The van der Waals surface area contributed by atoms with E-state index >= 15 is 0 Å². The number of hydrogen-bond acceptors (Lipinski definition) is 6. The Kier molecular flexibility index (Phi) is 5.08. The van der Waals surface area contributed by atoms with Crippen LogP contribution in [0.4, 0.5) is 5.95 Å². The molecule has 28 heavy (non-hydrogen) atoms. The Balaban J connectivity index is 1.76. The molecule has 7 nitrogen and oxygen atoms in total. The third-order valence-corrected chi connectivity index (χ3v) is 6.16. The molecular formula is C21H29N5O2. The molecule has 1 unspecified atom stereocenters. The Bertz CT molecular complexity index is 870. The Morgan fingerprint density at radius 3 is 2.57 bits per heavy atom. The highest BCUT2D eigenvalue weighted by atomic mass is 16.5. The fraction of sp³-hybridized carbons (Fsp3) is 0.619. The normalized spacial score (nSPS) is 20.1. The van der Waals surface area contributed by atoms with E-state index in [9.17, 15) is 4.79 Å². The fourth-order valence-electron chi connectivity index (χ4n) is 4.42. The maximum Gasteiger partial charge on any atom is 0.226 e. The Labute approximate surface area is 166 Å². The molecule has 0 N–H and O–H groups in total. The van der Waals surface area contributed by atoms with Crippen LogP contribution >= 0.6 is 0 Å². The van der Waals surface area contributed by atoms with Crippen LogP contribution in [0, 0.1) is 19.8 Å². The Morgan fingerprint density at radius 2 is 1.93 bits per heavy atom. The second-order valence-corrected chi connectivity index (χ2v) is 8.26. The third-order valence-electron chi connectivity index (χ3n) is 6.16. The predicted molar refractivity (Wildman–Crippen MR) is 107 cm³/mol. The summed E-state index contributed by atoms with van der Waals surface area (Å²) in [6.45, 7) is 4.73. The molecule has 7 heteroatoms. The van der Waals surface area contributed by atoms with E-state index in [0.717, 1.165) is 67.6 Å². The lowest BCUT2D eigenvalue weighted by molar-refractivity contribution is -0.136. The van der Waals surface area contributed by atoms with Gasteiger partial charge in [0.05, 0.1) is 23.0 Å². The Morgan fingerprint density at radius 1 is 1.18 bits per heavy atom.